The molecule has 2 heterocycles. The third-order valence-corrected chi connectivity index (χ3v) is 3.66. The lowest BCUT2D eigenvalue weighted by atomic mass is 10.2. The van der Waals surface area contributed by atoms with Crippen molar-refractivity contribution in [3.8, 4) is 0 Å². The van der Waals surface area contributed by atoms with E-state index < -0.39 is 0 Å². The molecule has 0 saturated carbocycles. The highest BCUT2D eigenvalue weighted by Gasteiger charge is 2.08. The van der Waals surface area contributed by atoms with Gasteiger partial charge in [0.2, 0.25) is 5.91 Å². The topological polar surface area (TPSA) is 90.6 Å². The van der Waals surface area contributed by atoms with Crippen LogP contribution in [0.1, 0.15) is 17.7 Å². The SMILES string of the molecule is O=C(CCc1nc2ccccc2[nH]c1=O)NCCc1cc[nH]c1. The second-order valence-electron chi connectivity index (χ2n) is 5.35. The minimum Gasteiger partial charge on any atom is -0.367 e. The van der Waals surface area contributed by atoms with Crippen LogP contribution in [-0.4, -0.2) is 27.4 Å². The van der Waals surface area contributed by atoms with Gasteiger partial charge in [0, 0.05) is 31.8 Å². The molecule has 1 amide bonds. The number of fused-ring (bicyclic) bond motifs is 1. The summed E-state index contributed by atoms with van der Waals surface area (Å²) in [7, 11) is 0. The lowest BCUT2D eigenvalue weighted by Crippen LogP contribution is -2.27. The summed E-state index contributed by atoms with van der Waals surface area (Å²) in [5.74, 6) is -0.0742. The highest BCUT2D eigenvalue weighted by molar-refractivity contribution is 5.76. The Morgan fingerprint density at radius 1 is 1.17 bits per heavy atom. The van der Waals surface area contributed by atoms with E-state index in [1.807, 2.05) is 36.7 Å². The van der Waals surface area contributed by atoms with Crippen LogP contribution < -0.4 is 10.9 Å². The summed E-state index contributed by atoms with van der Waals surface area (Å²) < 4.78 is 0. The quantitative estimate of drug-likeness (QED) is 0.645. The molecule has 0 spiro atoms. The van der Waals surface area contributed by atoms with E-state index in [1.54, 1.807) is 6.07 Å². The fourth-order valence-corrected chi connectivity index (χ4v) is 2.42. The molecule has 6 nitrogen and oxygen atoms in total. The van der Waals surface area contributed by atoms with Crippen molar-refractivity contribution in [1.82, 2.24) is 20.3 Å². The predicted octanol–water partition coefficient (Wildman–Crippen LogP) is 1.54. The lowest BCUT2D eigenvalue weighted by molar-refractivity contribution is -0.121. The van der Waals surface area contributed by atoms with Gasteiger partial charge in [-0.05, 0) is 30.2 Å². The Balaban J connectivity index is 1.54. The molecule has 0 fully saturated rings. The monoisotopic (exact) mass is 310 g/mol. The molecule has 2 aromatic heterocycles. The fraction of sp³-hybridized carbons (Fsp3) is 0.235. The van der Waals surface area contributed by atoms with E-state index in [9.17, 15) is 9.59 Å². The zero-order valence-corrected chi connectivity index (χ0v) is 12.6. The highest BCUT2D eigenvalue weighted by atomic mass is 16.1. The van der Waals surface area contributed by atoms with Crippen molar-refractivity contribution in [2.75, 3.05) is 6.54 Å². The molecule has 3 N–H and O–H groups in total. The third-order valence-electron chi connectivity index (χ3n) is 3.66. The number of rotatable bonds is 6. The normalized spacial score (nSPS) is 10.8. The first-order valence-corrected chi connectivity index (χ1v) is 7.59. The molecule has 0 unspecified atom stereocenters. The number of nitrogens with one attached hydrogen (secondary N) is 3. The summed E-state index contributed by atoms with van der Waals surface area (Å²) in [6.45, 7) is 0.582. The highest BCUT2D eigenvalue weighted by Crippen LogP contribution is 2.06. The van der Waals surface area contributed by atoms with E-state index in [4.69, 9.17) is 0 Å². The largest absolute Gasteiger partial charge is 0.367 e. The molecule has 0 aliphatic carbocycles. The van der Waals surface area contributed by atoms with Gasteiger partial charge >= 0.3 is 0 Å². The Kier molecular flexibility index (Phi) is 4.52. The fourth-order valence-electron chi connectivity index (χ4n) is 2.42. The van der Waals surface area contributed by atoms with Crippen molar-refractivity contribution in [3.63, 3.8) is 0 Å². The number of aromatic amines is 2. The van der Waals surface area contributed by atoms with Gasteiger partial charge < -0.3 is 15.3 Å². The number of hydrogen-bond acceptors (Lipinski definition) is 3. The van der Waals surface area contributed by atoms with Crippen molar-refractivity contribution in [3.05, 3.63) is 64.3 Å². The third kappa shape index (κ3) is 3.85. The molecule has 6 heteroatoms. The smallest absolute Gasteiger partial charge is 0.270 e. The number of nitrogens with zero attached hydrogens (tertiary/aromatic N) is 1. The number of aryl methyl sites for hydroxylation is 1. The number of H-pyrrole nitrogens is 2. The molecule has 0 bridgehead atoms. The Morgan fingerprint density at radius 3 is 2.87 bits per heavy atom. The number of para-hydroxylation sites is 2. The van der Waals surface area contributed by atoms with Crippen LogP contribution in [0.2, 0.25) is 0 Å². The van der Waals surface area contributed by atoms with Gasteiger partial charge in [-0.1, -0.05) is 12.1 Å². The number of benzene rings is 1. The van der Waals surface area contributed by atoms with Crippen molar-refractivity contribution in [1.29, 1.82) is 0 Å². The van der Waals surface area contributed by atoms with Crippen molar-refractivity contribution in [2.45, 2.75) is 19.3 Å². The molecule has 3 aromatic rings. The molecular formula is C17H18N4O2. The number of hydrogen-bond donors (Lipinski definition) is 3. The van der Waals surface area contributed by atoms with E-state index in [1.165, 1.54) is 0 Å². The zero-order chi connectivity index (χ0) is 16.1. The minimum atomic E-state index is -0.233. The summed E-state index contributed by atoms with van der Waals surface area (Å²) >= 11 is 0. The van der Waals surface area contributed by atoms with Gasteiger partial charge in [-0.2, -0.15) is 0 Å². The summed E-state index contributed by atoms with van der Waals surface area (Å²) in [6, 6.07) is 9.33. The summed E-state index contributed by atoms with van der Waals surface area (Å²) in [5, 5.41) is 2.85. The van der Waals surface area contributed by atoms with E-state index in [2.05, 4.69) is 20.3 Å². The molecule has 0 aliphatic rings. The van der Waals surface area contributed by atoms with E-state index in [-0.39, 0.29) is 17.9 Å². The summed E-state index contributed by atoms with van der Waals surface area (Å²) in [4.78, 5) is 33.9. The standard InChI is InChI=1S/C17H18N4O2/c22-16(19-10-8-12-7-9-18-11-12)6-5-15-17(23)21-14-4-2-1-3-13(14)20-15/h1-4,7,9,11,18H,5-6,8,10H2,(H,19,22)(H,21,23). The van der Waals surface area contributed by atoms with Crippen LogP contribution >= 0.6 is 0 Å². The van der Waals surface area contributed by atoms with Crippen LogP contribution in [0.5, 0.6) is 0 Å². The maximum Gasteiger partial charge on any atom is 0.270 e. The van der Waals surface area contributed by atoms with E-state index in [0.29, 0.717) is 24.2 Å². The first-order valence-electron chi connectivity index (χ1n) is 7.59. The molecule has 1 aromatic carbocycles. The van der Waals surface area contributed by atoms with Crippen molar-refractivity contribution < 1.29 is 4.79 Å². The molecule has 0 aliphatic heterocycles. The van der Waals surface area contributed by atoms with E-state index >= 15 is 0 Å². The minimum absolute atomic E-state index is 0.0742. The molecular weight excluding hydrogens is 292 g/mol. The molecule has 118 valence electrons. The Hall–Kier alpha value is -2.89. The van der Waals surface area contributed by atoms with Crippen LogP contribution in [0.15, 0.2) is 47.5 Å². The number of aromatic nitrogens is 3. The van der Waals surface area contributed by atoms with Crippen LogP contribution in [0, 0.1) is 0 Å². The van der Waals surface area contributed by atoms with Crippen LogP contribution in [-0.2, 0) is 17.6 Å². The average molecular weight is 310 g/mol. The maximum absolute atomic E-state index is 12.0. The average Bonchev–Trinajstić information content (AvgIpc) is 3.06. The molecule has 0 saturated heterocycles. The summed E-state index contributed by atoms with van der Waals surface area (Å²) in [5.41, 5.74) is 2.75. The Morgan fingerprint density at radius 2 is 2.04 bits per heavy atom. The van der Waals surface area contributed by atoms with Gasteiger partial charge in [-0.15, -0.1) is 0 Å². The van der Waals surface area contributed by atoms with Crippen LogP contribution in [0.25, 0.3) is 11.0 Å². The molecule has 3 rings (SSSR count). The number of amides is 1. The lowest BCUT2D eigenvalue weighted by Gasteiger charge is -2.05. The molecule has 0 radical (unpaired) electrons. The van der Waals surface area contributed by atoms with Gasteiger partial charge in [0.05, 0.1) is 11.0 Å². The van der Waals surface area contributed by atoms with Crippen molar-refractivity contribution in [2.24, 2.45) is 0 Å². The molecule has 0 atom stereocenters. The predicted molar refractivity (Wildman–Crippen MR) is 88.2 cm³/mol. The van der Waals surface area contributed by atoms with Gasteiger partial charge in [0.25, 0.3) is 5.56 Å². The summed E-state index contributed by atoms with van der Waals surface area (Å²) in [6.07, 6.45) is 5.13. The first-order chi connectivity index (χ1) is 11.2. The van der Waals surface area contributed by atoms with Crippen LogP contribution in [0.4, 0.5) is 0 Å². The Bertz CT molecular complexity index is 852. The number of carbonyl (C=O) groups is 1. The Labute approximate surface area is 133 Å². The second kappa shape index (κ2) is 6.91. The van der Waals surface area contributed by atoms with Gasteiger partial charge in [-0.25, -0.2) is 4.98 Å². The van der Waals surface area contributed by atoms with E-state index in [0.717, 1.165) is 17.5 Å². The van der Waals surface area contributed by atoms with Gasteiger partial charge in [-0.3, -0.25) is 9.59 Å². The second-order valence-corrected chi connectivity index (χ2v) is 5.35. The van der Waals surface area contributed by atoms with Crippen LogP contribution in [0.3, 0.4) is 0 Å². The molecule has 23 heavy (non-hydrogen) atoms. The first kappa shape index (κ1) is 15.0. The zero-order valence-electron chi connectivity index (χ0n) is 12.6. The van der Waals surface area contributed by atoms with Crippen molar-refractivity contribution >= 4 is 16.9 Å². The van der Waals surface area contributed by atoms with Gasteiger partial charge in [0.15, 0.2) is 0 Å². The van der Waals surface area contributed by atoms with Gasteiger partial charge in [0.1, 0.15) is 5.69 Å². The maximum atomic E-state index is 12.0. The number of carbonyl (C=O) groups excluding carboxylic acids is 1.